The summed E-state index contributed by atoms with van der Waals surface area (Å²) in [5.41, 5.74) is -0.212. The highest BCUT2D eigenvalue weighted by Crippen LogP contribution is 2.22. The minimum Gasteiger partial charge on any atom is -0.468 e. The second kappa shape index (κ2) is 3.87. The molecule has 0 aromatic rings. The minimum absolute atomic E-state index is 0.212. The fourth-order valence-electron chi connectivity index (χ4n) is 1.24. The van der Waals surface area contributed by atoms with Crippen molar-refractivity contribution in [3.05, 3.63) is 0 Å². The lowest BCUT2D eigenvalue weighted by Crippen LogP contribution is -2.51. The van der Waals surface area contributed by atoms with Gasteiger partial charge in [0, 0.05) is 7.05 Å². The highest BCUT2D eigenvalue weighted by Gasteiger charge is 2.34. The number of ether oxygens (including phenoxy) is 1. The molecule has 0 spiro atoms. The van der Waals surface area contributed by atoms with E-state index in [0.29, 0.717) is 0 Å². The predicted octanol–water partition coefficient (Wildman–Crippen LogP) is 0.380. The lowest BCUT2D eigenvalue weighted by atomic mass is 9.86. The van der Waals surface area contributed by atoms with Crippen molar-refractivity contribution < 1.29 is 9.53 Å². The Kier molecular flexibility index (Phi) is 3.67. The molecule has 0 heterocycles. The molecule has 4 nitrogen and oxygen atoms in total. The molecule has 2 N–H and O–H groups in total. The monoisotopic (exact) mass is 174 g/mol. The number of carbonyl (C=O) groups is 1. The molecule has 72 valence electrons. The Morgan fingerprint density at radius 3 is 2.00 bits per heavy atom. The number of nitrogens with zero attached hydrogens (tertiary/aromatic N) is 1. The smallest absolute Gasteiger partial charge is 0.325 e. The van der Waals surface area contributed by atoms with Crippen molar-refractivity contribution in [3.8, 4) is 0 Å². The number of nitrogens with two attached hydrogens (primary N) is 1. The van der Waals surface area contributed by atoms with Crippen molar-refractivity contribution in [2.24, 2.45) is 11.3 Å². The Labute approximate surface area is 73.6 Å². The lowest BCUT2D eigenvalue weighted by molar-refractivity contribution is -0.150. The van der Waals surface area contributed by atoms with Crippen molar-refractivity contribution in [3.63, 3.8) is 0 Å². The summed E-state index contributed by atoms with van der Waals surface area (Å²) in [5, 5.41) is 1.38. The molecule has 1 unspecified atom stereocenters. The zero-order chi connectivity index (χ0) is 9.94. The average Bonchev–Trinajstić information content (AvgIpc) is 1.83. The molecule has 0 saturated heterocycles. The van der Waals surface area contributed by atoms with Gasteiger partial charge < -0.3 is 4.74 Å². The molecular formula is C8H18N2O2. The number of methoxy groups -OCH3 is 1. The maximum Gasteiger partial charge on any atom is 0.325 e. The topological polar surface area (TPSA) is 55.6 Å². The number of esters is 1. The van der Waals surface area contributed by atoms with E-state index >= 15 is 0 Å². The van der Waals surface area contributed by atoms with Gasteiger partial charge in [0.1, 0.15) is 6.04 Å². The van der Waals surface area contributed by atoms with E-state index in [2.05, 4.69) is 4.74 Å². The molecule has 0 aliphatic carbocycles. The van der Waals surface area contributed by atoms with Crippen LogP contribution in [-0.4, -0.2) is 31.2 Å². The van der Waals surface area contributed by atoms with Crippen LogP contribution in [0.1, 0.15) is 20.8 Å². The second-order valence-electron chi connectivity index (χ2n) is 3.96. The molecular weight excluding hydrogens is 156 g/mol. The Hall–Kier alpha value is -0.610. The maximum atomic E-state index is 11.3. The van der Waals surface area contributed by atoms with E-state index in [1.807, 2.05) is 20.8 Å². The van der Waals surface area contributed by atoms with Gasteiger partial charge in [-0.05, 0) is 5.41 Å². The summed E-state index contributed by atoms with van der Waals surface area (Å²) in [6.45, 7) is 5.83. The molecule has 0 radical (unpaired) electrons. The summed E-state index contributed by atoms with van der Waals surface area (Å²) in [4.78, 5) is 11.3. The van der Waals surface area contributed by atoms with Crippen LogP contribution in [0.2, 0.25) is 0 Å². The third-order valence-corrected chi connectivity index (χ3v) is 1.65. The molecule has 12 heavy (non-hydrogen) atoms. The van der Waals surface area contributed by atoms with E-state index in [0.717, 1.165) is 0 Å². The Morgan fingerprint density at radius 2 is 1.92 bits per heavy atom. The van der Waals surface area contributed by atoms with Gasteiger partial charge in [-0.15, -0.1) is 0 Å². The molecule has 1 atom stereocenters. The van der Waals surface area contributed by atoms with Crippen LogP contribution in [0.25, 0.3) is 0 Å². The first-order valence-electron chi connectivity index (χ1n) is 3.86. The summed E-state index contributed by atoms with van der Waals surface area (Å²) in [7, 11) is 3.03. The number of hydrazine groups is 1. The zero-order valence-electron chi connectivity index (χ0n) is 8.42. The molecule has 0 amide bonds. The van der Waals surface area contributed by atoms with Crippen LogP contribution in [0.5, 0.6) is 0 Å². The van der Waals surface area contributed by atoms with Gasteiger partial charge in [-0.3, -0.25) is 10.6 Å². The predicted molar refractivity (Wildman–Crippen MR) is 47.2 cm³/mol. The highest BCUT2D eigenvalue weighted by molar-refractivity contribution is 5.76. The number of carbonyl (C=O) groups excluding carboxylic acids is 1. The molecule has 0 aliphatic rings. The SMILES string of the molecule is COC(=O)C(N(C)N)C(C)(C)C. The Morgan fingerprint density at radius 1 is 1.50 bits per heavy atom. The van der Waals surface area contributed by atoms with Crippen LogP contribution in [0.3, 0.4) is 0 Å². The van der Waals surface area contributed by atoms with Gasteiger partial charge in [0.15, 0.2) is 0 Å². The quantitative estimate of drug-likeness (QED) is 0.373. The fraction of sp³-hybridized carbons (Fsp3) is 0.875. The van der Waals surface area contributed by atoms with Crippen LogP contribution in [0.4, 0.5) is 0 Å². The van der Waals surface area contributed by atoms with Crippen LogP contribution >= 0.6 is 0 Å². The molecule has 0 fully saturated rings. The van der Waals surface area contributed by atoms with Crippen LogP contribution in [0, 0.1) is 5.41 Å². The number of hydrogen-bond donors (Lipinski definition) is 1. The van der Waals surface area contributed by atoms with Crippen molar-refractivity contribution in [1.29, 1.82) is 0 Å². The highest BCUT2D eigenvalue weighted by atomic mass is 16.5. The maximum absolute atomic E-state index is 11.3. The third kappa shape index (κ3) is 2.79. The summed E-state index contributed by atoms with van der Waals surface area (Å²) >= 11 is 0. The Balaban J connectivity index is 4.56. The minimum atomic E-state index is -0.400. The van der Waals surface area contributed by atoms with E-state index in [4.69, 9.17) is 5.84 Å². The van der Waals surface area contributed by atoms with Crippen molar-refractivity contribution in [2.45, 2.75) is 26.8 Å². The van der Waals surface area contributed by atoms with Crippen molar-refractivity contribution >= 4 is 5.97 Å². The van der Waals surface area contributed by atoms with Gasteiger partial charge in [0.2, 0.25) is 0 Å². The first kappa shape index (κ1) is 11.4. The summed E-state index contributed by atoms with van der Waals surface area (Å²) in [5.74, 6) is 5.23. The van der Waals surface area contributed by atoms with Gasteiger partial charge >= 0.3 is 5.97 Å². The summed E-state index contributed by atoms with van der Waals surface area (Å²) < 4.78 is 4.64. The largest absolute Gasteiger partial charge is 0.468 e. The van der Waals surface area contributed by atoms with Gasteiger partial charge in [-0.25, -0.2) is 5.01 Å². The number of rotatable bonds is 2. The molecule has 0 aromatic heterocycles. The fourth-order valence-corrected chi connectivity index (χ4v) is 1.24. The van der Waals surface area contributed by atoms with Gasteiger partial charge in [0.05, 0.1) is 7.11 Å². The van der Waals surface area contributed by atoms with E-state index in [1.54, 1.807) is 7.05 Å². The van der Waals surface area contributed by atoms with E-state index < -0.39 is 6.04 Å². The van der Waals surface area contributed by atoms with Crippen LogP contribution in [0.15, 0.2) is 0 Å². The standard InChI is InChI=1S/C8H18N2O2/c1-8(2,3)6(10(4)9)7(11)12-5/h6H,9H2,1-5H3. The van der Waals surface area contributed by atoms with E-state index in [9.17, 15) is 4.79 Å². The van der Waals surface area contributed by atoms with Gasteiger partial charge in [0.25, 0.3) is 0 Å². The van der Waals surface area contributed by atoms with Crippen LogP contribution < -0.4 is 5.84 Å². The van der Waals surface area contributed by atoms with E-state index in [-0.39, 0.29) is 11.4 Å². The van der Waals surface area contributed by atoms with E-state index in [1.165, 1.54) is 12.1 Å². The Bertz CT molecular complexity index is 161. The molecule has 0 saturated carbocycles. The third-order valence-electron chi connectivity index (χ3n) is 1.65. The molecule has 0 bridgehead atoms. The first-order valence-corrected chi connectivity index (χ1v) is 3.86. The molecule has 0 rings (SSSR count). The number of hydrogen-bond acceptors (Lipinski definition) is 4. The normalized spacial score (nSPS) is 14.6. The molecule has 4 heteroatoms. The number of likely N-dealkylation sites (N-methyl/N-ethyl adjacent to an activating group) is 1. The molecule has 0 aliphatic heterocycles. The van der Waals surface area contributed by atoms with Crippen molar-refractivity contribution in [1.82, 2.24) is 5.01 Å². The summed E-state index contributed by atoms with van der Waals surface area (Å²) in [6, 6.07) is -0.400. The molecule has 0 aromatic carbocycles. The second-order valence-corrected chi connectivity index (χ2v) is 3.96. The zero-order valence-corrected chi connectivity index (χ0v) is 8.42. The van der Waals surface area contributed by atoms with Crippen molar-refractivity contribution in [2.75, 3.05) is 14.2 Å². The lowest BCUT2D eigenvalue weighted by Gasteiger charge is -2.32. The first-order chi connectivity index (χ1) is 5.30. The average molecular weight is 174 g/mol. The van der Waals surface area contributed by atoms with Gasteiger partial charge in [-0.1, -0.05) is 20.8 Å². The summed E-state index contributed by atoms with van der Waals surface area (Å²) in [6.07, 6.45) is 0. The van der Waals surface area contributed by atoms with Crippen LogP contribution in [-0.2, 0) is 9.53 Å². The van der Waals surface area contributed by atoms with Gasteiger partial charge in [-0.2, -0.15) is 0 Å².